The molecule has 0 bridgehead atoms. The van der Waals surface area contributed by atoms with Crippen molar-refractivity contribution in [2.45, 2.75) is 32.4 Å². The fourth-order valence-corrected chi connectivity index (χ4v) is 4.05. The quantitative estimate of drug-likeness (QED) is 0.346. The van der Waals surface area contributed by atoms with E-state index >= 15 is 0 Å². The van der Waals surface area contributed by atoms with Crippen LogP contribution in [0.2, 0.25) is 10.0 Å². The third kappa shape index (κ3) is 4.26. The molecule has 2 aromatic heterocycles. The second-order valence-electron chi connectivity index (χ2n) is 8.04. The number of rotatable bonds is 5. The summed E-state index contributed by atoms with van der Waals surface area (Å²) in [7, 11) is 0. The highest BCUT2D eigenvalue weighted by Crippen LogP contribution is 2.41. The number of pyridine rings is 1. The lowest BCUT2D eigenvalue weighted by Gasteiger charge is -2.20. The van der Waals surface area contributed by atoms with Gasteiger partial charge in [0.15, 0.2) is 5.82 Å². The van der Waals surface area contributed by atoms with Crippen molar-refractivity contribution in [1.82, 2.24) is 15.0 Å². The van der Waals surface area contributed by atoms with Crippen molar-refractivity contribution >= 4 is 39.8 Å². The summed E-state index contributed by atoms with van der Waals surface area (Å²) < 4.78 is 14.3. The van der Waals surface area contributed by atoms with Gasteiger partial charge in [-0.3, -0.25) is 4.98 Å². The molecule has 1 unspecified atom stereocenters. The summed E-state index contributed by atoms with van der Waals surface area (Å²) in [6.07, 6.45) is 4.76. The number of nitrogens with zero attached hydrogens (tertiary/aromatic N) is 3. The maximum absolute atomic E-state index is 14.3. The topological polar surface area (TPSA) is 70.9 Å². The Balaban J connectivity index is 1.81. The van der Waals surface area contributed by atoms with Gasteiger partial charge >= 0.3 is 0 Å². The van der Waals surface area contributed by atoms with Gasteiger partial charge in [0, 0.05) is 40.7 Å². The van der Waals surface area contributed by atoms with Gasteiger partial charge in [-0.25, -0.2) is 14.4 Å². The molecule has 0 radical (unpaired) electrons. The number of halogens is 3. The molecular formula is C24H21Cl2FN4O. The predicted molar refractivity (Wildman–Crippen MR) is 126 cm³/mol. The number of fused-ring (bicyclic) bond motifs is 1. The Kier molecular flexibility index (Phi) is 6.03. The molecule has 4 aromatic rings. The largest absolute Gasteiger partial charge is 0.382 e. The van der Waals surface area contributed by atoms with Crippen LogP contribution in [0.25, 0.3) is 22.0 Å². The summed E-state index contributed by atoms with van der Waals surface area (Å²) in [4.78, 5) is 12.9. The Morgan fingerprint density at radius 2 is 1.69 bits per heavy atom. The normalized spacial score (nSPS) is 12.7. The summed E-state index contributed by atoms with van der Waals surface area (Å²) in [5, 5.41) is 14.8. The molecule has 0 aliphatic rings. The van der Waals surface area contributed by atoms with Crippen molar-refractivity contribution in [1.29, 1.82) is 0 Å². The Labute approximate surface area is 195 Å². The highest BCUT2D eigenvalue weighted by molar-refractivity contribution is 6.41. The summed E-state index contributed by atoms with van der Waals surface area (Å²) in [5.41, 5.74) is 1.93. The maximum Gasteiger partial charge on any atom is 0.159 e. The van der Waals surface area contributed by atoms with Gasteiger partial charge in [0.2, 0.25) is 0 Å². The molecule has 32 heavy (non-hydrogen) atoms. The lowest BCUT2D eigenvalue weighted by Crippen LogP contribution is -2.19. The summed E-state index contributed by atoms with van der Waals surface area (Å²) in [6, 6.07) is 9.86. The third-order valence-electron chi connectivity index (χ3n) is 5.17. The SMILES string of the molecule is CC(Nc1c(Cl)cnc2ccc(-c3cnc(C(C)(C)O)nc3)c(Cl)c12)c1ccccc1F. The van der Waals surface area contributed by atoms with E-state index in [1.807, 2.05) is 19.1 Å². The van der Waals surface area contributed by atoms with E-state index in [9.17, 15) is 9.50 Å². The van der Waals surface area contributed by atoms with E-state index in [1.165, 1.54) is 12.3 Å². The van der Waals surface area contributed by atoms with E-state index in [4.69, 9.17) is 23.2 Å². The zero-order valence-corrected chi connectivity index (χ0v) is 19.2. The van der Waals surface area contributed by atoms with Crippen molar-refractivity contribution in [3.8, 4) is 11.1 Å². The van der Waals surface area contributed by atoms with Gasteiger partial charge < -0.3 is 10.4 Å². The second-order valence-corrected chi connectivity index (χ2v) is 8.83. The van der Waals surface area contributed by atoms with Crippen LogP contribution in [0.1, 0.15) is 38.2 Å². The monoisotopic (exact) mass is 470 g/mol. The van der Waals surface area contributed by atoms with Crippen LogP contribution in [-0.4, -0.2) is 20.1 Å². The molecule has 164 valence electrons. The number of hydrogen-bond donors (Lipinski definition) is 2. The van der Waals surface area contributed by atoms with Gasteiger partial charge in [-0.05, 0) is 32.9 Å². The Hall–Kier alpha value is -2.80. The Morgan fingerprint density at radius 1 is 1.00 bits per heavy atom. The van der Waals surface area contributed by atoms with Crippen molar-refractivity contribution in [2.75, 3.05) is 5.32 Å². The van der Waals surface area contributed by atoms with Crippen LogP contribution in [0.5, 0.6) is 0 Å². The number of nitrogens with one attached hydrogen (secondary N) is 1. The molecule has 1 atom stereocenters. The molecule has 0 fully saturated rings. The minimum Gasteiger partial charge on any atom is -0.382 e. The minimum atomic E-state index is -1.15. The zero-order chi connectivity index (χ0) is 23.0. The molecule has 0 saturated heterocycles. The van der Waals surface area contributed by atoms with Crippen molar-refractivity contribution in [3.63, 3.8) is 0 Å². The first-order chi connectivity index (χ1) is 15.2. The van der Waals surface area contributed by atoms with Gasteiger partial charge in [-0.15, -0.1) is 0 Å². The van der Waals surface area contributed by atoms with Gasteiger partial charge in [-0.2, -0.15) is 0 Å². The maximum atomic E-state index is 14.3. The average Bonchev–Trinajstić information content (AvgIpc) is 2.75. The van der Waals surface area contributed by atoms with Crippen LogP contribution in [0, 0.1) is 5.82 Å². The highest BCUT2D eigenvalue weighted by Gasteiger charge is 2.21. The molecule has 4 rings (SSSR count). The molecule has 2 aromatic carbocycles. The molecule has 0 aliphatic heterocycles. The molecule has 2 N–H and O–H groups in total. The standard InChI is InChI=1S/C24H21Cl2FN4O/c1-13(15-6-4-5-7-18(15)27)31-22-17(25)12-28-19-9-8-16(21(26)20(19)22)14-10-29-23(30-11-14)24(2,3)32/h4-13,32H,1-3H3,(H,28,31). The summed E-state index contributed by atoms with van der Waals surface area (Å²) >= 11 is 13.3. The summed E-state index contributed by atoms with van der Waals surface area (Å²) in [5.74, 6) is 0.00163. The number of hydrogen-bond acceptors (Lipinski definition) is 5. The molecule has 0 saturated carbocycles. The van der Waals surface area contributed by atoms with Gasteiger partial charge in [0.05, 0.1) is 27.3 Å². The van der Waals surface area contributed by atoms with E-state index in [2.05, 4.69) is 20.3 Å². The fourth-order valence-electron chi connectivity index (χ4n) is 3.49. The van der Waals surface area contributed by atoms with Crippen LogP contribution in [-0.2, 0) is 5.60 Å². The minimum absolute atomic E-state index is 0.308. The predicted octanol–water partition coefficient (Wildman–Crippen LogP) is 6.54. The van der Waals surface area contributed by atoms with Crippen molar-refractivity contribution in [3.05, 3.63) is 82.2 Å². The number of benzene rings is 2. The average molecular weight is 471 g/mol. The second kappa shape index (κ2) is 8.62. The first kappa shape index (κ1) is 22.4. The lowest BCUT2D eigenvalue weighted by molar-refractivity contribution is 0.0687. The molecule has 0 spiro atoms. The number of aliphatic hydroxyl groups is 1. The molecule has 2 heterocycles. The van der Waals surface area contributed by atoms with E-state index in [0.717, 1.165) is 0 Å². The first-order valence-electron chi connectivity index (χ1n) is 9.99. The van der Waals surface area contributed by atoms with E-state index in [0.29, 0.717) is 49.2 Å². The van der Waals surface area contributed by atoms with Crippen LogP contribution in [0.15, 0.2) is 55.0 Å². The number of aromatic nitrogens is 3. The molecule has 5 nitrogen and oxygen atoms in total. The fraction of sp³-hybridized carbons (Fsp3) is 0.208. The van der Waals surface area contributed by atoms with Crippen molar-refractivity contribution < 1.29 is 9.50 Å². The lowest BCUT2D eigenvalue weighted by atomic mass is 10.0. The van der Waals surface area contributed by atoms with Gasteiger partial charge in [0.1, 0.15) is 11.4 Å². The van der Waals surface area contributed by atoms with E-state index in [-0.39, 0.29) is 11.9 Å². The van der Waals surface area contributed by atoms with Crippen LogP contribution < -0.4 is 5.32 Å². The number of anilines is 1. The highest BCUT2D eigenvalue weighted by atomic mass is 35.5. The van der Waals surface area contributed by atoms with Crippen LogP contribution in [0.3, 0.4) is 0 Å². The Morgan fingerprint density at radius 3 is 2.34 bits per heavy atom. The Bertz CT molecular complexity index is 1290. The molecule has 0 amide bonds. The van der Waals surface area contributed by atoms with Crippen LogP contribution in [0.4, 0.5) is 10.1 Å². The third-order valence-corrected chi connectivity index (χ3v) is 5.85. The van der Waals surface area contributed by atoms with E-state index in [1.54, 1.807) is 44.4 Å². The van der Waals surface area contributed by atoms with Gasteiger partial charge in [0.25, 0.3) is 0 Å². The van der Waals surface area contributed by atoms with Gasteiger partial charge in [-0.1, -0.05) is 47.5 Å². The smallest absolute Gasteiger partial charge is 0.159 e. The van der Waals surface area contributed by atoms with Crippen molar-refractivity contribution in [2.24, 2.45) is 0 Å². The van der Waals surface area contributed by atoms with Crippen LogP contribution >= 0.6 is 23.2 Å². The molecule has 0 aliphatic carbocycles. The summed E-state index contributed by atoms with van der Waals surface area (Å²) in [6.45, 7) is 5.09. The van der Waals surface area contributed by atoms with E-state index < -0.39 is 5.60 Å². The molecular weight excluding hydrogens is 450 g/mol. The molecule has 8 heteroatoms. The first-order valence-corrected chi connectivity index (χ1v) is 10.8. The zero-order valence-electron chi connectivity index (χ0n) is 17.7.